The molecular weight excluding hydrogens is 356 g/mol. The number of piperidine rings is 1. The summed E-state index contributed by atoms with van der Waals surface area (Å²) < 4.78 is 32.5. The molecule has 1 aliphatic heterocycles. The number of carbonyl (C=O) groups is 1. The summed E-state index contributed by atoms with van der Waals surface area (Å²) in [4.78, 5) is 11.1. The van der Waals surface area contributed by atoms with Gasteiger partial charge in [-0.2, -0.15) is 0 Å². The molecule has 0 saturated carbocycles. The van der Waals surface area contributed by atoms with Gasteiger partial charge in [0, 0.05) is 13.1 Å². The minimum absolute atomic E-state index is 0.00404. The molecule has 0 aromatic heterocycles. The fourth-order valence-corrected chi connectivity index (χ4v) is 4.56. The van der Waals surface area contributed by atoms with Gasteiger partial charge in [0.1, 0.15) is 6.61 Å². The van der Waals surface area contributed by atoms with E-state index in [-0.39, 0.29) is 11.9 Å². The lowest BCUT2D eigenvalue weighted by atomic mass is 10.1. The SMILES string of the molecule is CC#CCOC1CCN(S(=O)(=O)CC(NC(=O)O)c2ccccc2)CC1. The van der Waals surface area contributed by atoms with Crippen LogP contribution in [0.5, 0.6) is 0 Å². The summed E-state index contributed by atoms with van der Waals surface area (Å²) >= 11 is 0. The molecule has 1 unspecified atom stereocenters. The smallest absolute Gasteiger partial charge is 0.405 e. The molecule has 2 rings (SSSR count). The summed E-state index contributed by atoms with van der Waals surface area (Å²) in [5, 5.41) is 11.3. The van der Waals surface area contributed by atoms with Crippen LogP contribution < -0.4 is 5.32 Å². The monoisotopic (exact) mass is 380 g/mol. The highest BCUT2D eigenvalue weighted by molar-refractivity contribution is 7.89. The molecule has 0 radical (unpaired) electrons. The van der Waals surface area contributed by atoms with E-state index in [1.807, 2.05) is 0 Å². The van der Waals surface area contributed by atoms with Crippen LogP contribution in [0.2, 0.25) is 0 Å². The number of hydrogen-bond acceptors (Lipinski definition) is 4. The number of nitrogens with zero attached hydrogens (tertiary/aromatic N) is 1. The minimum Gasteiger partial charge on any atom is -0.465 e. The van der Waals surface area contributed by atoms with E-state index in [1.54, 1.807) is 37.3 Å². The Bertz CT molecular complexity index is 747. The number of ether oxygens (including phenoxy) is 1. The van der Waals surface area contributed by atoms with Crippen molar-refractivity contribution in [3.05, 3.63) is 35.9 Å². The zero-order valence-corrected chi connectivity index (χ0v) is 15.5. The van der Waals surface area contributed by atoms with E-state index in [9.17, 15) is 13.2 Å². The fourth-order valence-electron chi connectivity index (χ4n) is 2.88. The molecule has 7 nitrogen and oxygen atoms in total. The molecule has 0 aliphatic carbocycles. The molecule has 1 aromatic rings. The quantitative estimate of drug-likeness (QED) is 0.704. The Labute approximate surface area is 154 Å². The van der Waals surface area contributed by atoms with Crippen molar-refractivity contribution in [2.24, 2.45) is 0 Å². The van der Waals surface area contributed by atoms with Crippen molar-refractivity contribution in [1.29, 1.82) is 0 Å². The number of nitrogens with one attached hydrogen (secondary N) is 1. The van der Waals surface area contributed by atoms with Gasteiger partial charge in [-0.15, -0.1) is 5.92 Å². The highest BCUT2D eigenvalue weighted by Gasteiger charge is 2.31. The second-order valence-electron chi connectivity index (χ2n) is 6.03. The van der Waals surface area contributed by atoms with Gasteiger partial charge >= 0.3 is 6.09 Å². The number of hydrogen-bond donors (Lipinski definition) is 2. The van der Waals surface area contributed by atoms with Gasteiger partial charge in [-0.05, 0) is 25.3 Å². The Morgan fingerprint density at radius 2 is 2.00 bits per heavy atom. The highest BCUT2D eigenvalue weighted by atomic mass is 32.2. The molecule has 142 valence electrons. The van der Waals surface area contributed by atoms with E-state index < -0.39 is 22.2 Å². The maximum atomic E-state index is 12.7. The van der Waals surface area contributed by atoms with Gasteiger partial charge in [-0.1, -0.05) is 36.3 Å². The summed E-state index contributed by atoms with van der Waals surface area (Å²) in [6, 6.07) is 7.91. The van der Waals surface area contributed by atoms with Gasteiger partial charge in [0.25, 0.3) is 0 Å². The van der Waals surface area contributed by atoms with Gasteiger partial charge < -0.3 is 15.2 Å². The van der Waals surface area contributed by atoms with E-state index in [0.717, 1.165) is 0 Å². The second-order valence-corrected chi connectivity index (χ2v) is 8.04. The molecule has 8 heteroatoms. The lowest BCUT2D eigenvalue weighted by Gasteiger charge is -2.32. The number of carboxylic acid groups (broad SMARTS) is 1. The molecule has 1 aromatic carbocycles. The summed E-state index contributed by atoms with van der Waals surface area (Å²) in [6.45, 7) is 2.82. The van der Waals surface area contributed by atoms with Crippen molar-refractivity contribution in [2.75, 3.05) is 25.4 Å². The summed E-state index contributed by atoms with van der Waals surface area (Å²) in [5.41, 5.74) is 0.620. The van der Waals surface area contributed by atoms with Crippen LogP contribution in [0.4, 0.5) is 4.79 Å². The van der Waals surface area contributed by atoms with Crippen molar-refractivity contribution < 1.29 is 23.1 Å². The maximum Gasteiger partial charge on any atom is 0.405 e. The Morgan fingerprint density at radius 1 is 1.35 bits per heavy atom. The maximum absolute atomic E-state index is 12.7. The van der Waals surface area contributed by atoms with Crippen LogP contribution in [0.1, 0.15) is 31.4 Å². The first kappa shape index (κ1) is 20.2. The van der Waals surface area contributed by atoms with Crippen LogP contribution in [0.25, 0.3) is 0 Å². The van der Waals surface area contributed by atoms with Crippen molar-refractivity contribution in [1.82, 2.24) is 9.62 Å². The molecule has 1 atom stereocenters. The predicted molar refractivity (Wildman–Crippen MR) is 98.1 cm³/mol. The third-order valence-electron chi connectivity index (χ3n) is 4.24. The van der Waals surface area contributed by atoms with E-state index >= 15 is 0 Å². The average molecular weight is 380 g/mol. The molecule has 1 amide bonds. The summed E-state index contributed by atoms with van der Waals surface area (Å²) in [6.07, 6.45) is -0.0393. The Kier molecular flexibility index (Phi) is 7.45. The second kappa shape index (κ2) is 9.57. The number of amides is 1. The Morgan fingerprint density at radius 3 is 2.58 bits per heavy atom. The Hall–Kier alpha value is -2.08. The third kappa shape index (κ3) is 6.02. The first-order valence-corrected chi connectivity index (χ1v) is 10.1. The van der Waals surface area contributed by atoms with Gasteiger partial charge in [-0.25, -0.2) is 17.5 Å². The van der Waals surface area contributed by atoms with Crippen LogP contribution >= 0.6 is 0 Å². The zero-order chi connectivity index (χ0) is 19.0. The van der Waals surface area contributed by atoms with Crippen LogP contribution in [-0.4, -0.2) is 55.5 Å². The van der Waals surface area contributed by atoms with Crippen molar-refractivity contribution in [3.63, 3.8) is 0 Å². The molecular formula is C18H24N2O5S. The highest BCUT2D eigenvalue weighted by Crippen LogP contribution is 2.21. The van der Waals surface area contributed by atoms with Gasteiger partial charge in [0.2, 0.25) is 10.0 Å². The van der Waals surface area contributed by atoms with Crippen LogP contribution in [0.15, 0.2) is 30.3 Å². The summed E-state index contributed by atoms with van der Waals surface area (Å²) in [7, 11) is -3.60. The van der Waals surface area contributed by atoms with Gasteiger partial charge in [-0.3, -0.25) is 0 Å². The van der Waals surface area contributed by atoms with Crippen LogP contribution in [-0.2, 0) is 14.8 Å². The number of sulfonamides is 1. The molecule has 1 heterocycles. The molecule has 26 heavy (non-hydrogen) atoms. The normalized spacial score (nSPS) is 17.1. The van der Waals surface area contributed by atoms with Gasteiger partial charge in [0.05, 0.1) is 17.9 Å². The average Bonchev–Trinajstić information content (AvgIpc) is 2.62. The lowest BCUT2D eigenvalue weighted by molar-refractivity contribution is 0.0409. The van der Waals surface area contributed by atoms with Crippen molar-refractivity contribution in [2.45, 2.75) is 31.9 Å². The van der Waals surface area contributed by atoms with E-state index in [0.29, 0.717) is 38.1 Å². The van der Waals surface area contributed by atoms with Crippen molar-refractivity contribution >= 4 is 16.1 Å². The molecule has 1 fully saturated rings. The number of benzene rings is 1. The molecule has 0 spiro atoms. The first-order chi connectivity index (χ1) is 12.4. The minimum atomic E-state index is -3.60. The van der Waals surface area contributed by atoms with Crippen LogP contribution in [0, 0.1) is 11.8 Å². The Balaban J connectivity index is 1.99. The summed E-state index contributed by atoms with van der Waals surface area (Å²) in [5.74, 6) is 5.28. The molecule has 0 bridgehead atoms. The van der Waals surface area contributed by atoms with Crippen LogP contribution in [0.3, 0.4) is 0 Å². The van der Waals surface area contributed by atoms with E-state index in [4.69, 9.17) is 9.84 Å². The molecule has 1 saturated heterocycles. The van der Waals surface area contributed by atoms with Crippen molar-refractivity contribution in [3.8, 4) is 11.8 Å². The number of rotatable bonds is 7. The standard InChI is InChI=1S/C18H24N2O5S/c1-2-3-13-25-16-9-11-20(12-10-16)26(23,24)14-17(19-18(21)22)15-7-5-4-6-8-15/h4-8,16-17,19H,9-14H2,1H3,(H,21,22). The zero-order valence-electron chi connectivity index (χ0n) is 14.7. The van der Waals surface area contributed by atoms with Gasteiger partial charge in [0.15, 0.2) is 0 Å². The first-order valence-electron chi connectivity index (χ1n) is 8.46. The predicted octanol–water partition coefficient (Wildman–Crippen LogP) is 1.83. The molecule has 1 aliphatic rings. The topological polar surface area (TPSA) is 95.9 Å². The largest absolute Gasteiger partial charge is 0.465 e. The van der Waals surface area contributed by atoms with E-state index in [1.165, 1.54) is 4.31 Å². The lowest BCUT2D eigenvalue weighted by Crippen LogP contribution is -2.44. The third-order valence-corrected chi connectivity index (χ3v) is 6.15. The molecule has 2 N–H and O–H groups in total. The van der Waals surface area contributed by atoms with E-state index in [2.05, 4.69) is 17.2 Å². The fraction of sp³-hybridized carbons (Fsp3) is 0.500.